The van der Waals surface area contributed by atoms with Gasteiger partial charge in [-0.1, -0.05) is 42.5 Å². The highest BCUT2D eigenvalue weighted by Gasteiger charge is 2.13. The van der Waals surface area contributed by atoms with Crippen LogP contribution < -0.4 is 5.73 Å². The zero-order valence-electron chi connectivity index (χ0n) is 12.4. The minimum absolute atomic E-state index is 0.211. The summed E-state index contributed by atoms with van der Waals surface area (Å²) in [6.45, 7) is 0. The normalized spacial score (nSPS) is 11.8. The zero-order chi connectivity index (χ0) is 15.8. The van der Waals surface area contributed by atoms with Gasteiger partial charge in [-0.3, -0.25) is 0 Å². The number of benzene rings is 2. The minimum Gasteiger partial charge on any atom is -0.508 e. The number of carbonyl (C=O) groups is 1. The Kier molecular flexibility index (Phi) is 5.83. The number of amides is 1. The summed E-state index contributed by atoms with van der Waals surface area (Å²) in [6.07, 6.45) is 2.23. The van der Waals surface area contributed by atoms with Gasteiger partial charge in [0.1, 0.15) is 11.9 Å². The lowest BCUT2D eigenvalue weighted by Crippen LogP contribution is -2.24. The van der Waals surface area contributed by atoms with E-state index in [9.17, 15) is 9.90 Å². The molecule has 0 radical (unpaired) electrons. The van der Waals surface area contributed by atoms with Gasteiger partial charge in [-0.05, 0) is 42.5 Å². The maximum atomic E-state index is 11.0. The van der Waals surface area contributed by atoms with Crippen LogP contribution in [0.4, 0.5) is 4.79 Å². The van der Waals surface area contributed by atoms with Gasteiger partial charge in [0.05, 0.1) is 0 Å². The Balaban J connectivity index is 1.86. The van der Waals surface area contributed by atoms with Crippen molar-refractivity contribution in [2.75, 3.05) is 0 Å². The highest BCUT2D eigenvalue weighted by Crippen LogP contribution is 2.15. The second kappa shape index (κ2) is 8.08. The van der Waals surface area contributed by atoms with Crippen LogP contribution in [0.1, 0.15) is 24.0 Å². The molecule has 116 valence electrons. The molecule has 1 amide bonds. The first kappa shape index (κ1) is 15.9. The van der Waals surface area contributed by atoms with E-state index < -0.39 is 6.09 Å². The monoisotopic (exact) mass is 299 g/mol. The Labute approximate surface area is 130 Å². The van der Waals surface area contributed by atoms with Crippen LogP contribution in [0.5, 0.6) is 5.75 Å². The van der Waals surface area contributed by atoms with Crippen LogP contribution in [0, 0.1) is 0 Å². The summed E-state index contributed by atoms with van der Waals surface area (Å²) in [7, 11) is 0. The zero-order valence-corrected chi connectivity index (χ0v) is 12.4. The van der Waals surface area contributed by atoms with Gasteiger partial charge in [0.2, 0.25) is 0 Å². The van der Waals surface area contributed by atoms with E-state index in [1.807, 2.05) is 42.5 Å². The molecule has 1 atom stereocenters. The van der Waals surface area contributed by atoms with Crippen molar-refractivity contribution in [2.24, 2.45) is 5.73 Å². The first-order valence-electron chi connectivity index (χ1n) is 7.41. The number of primary amides is 1. The molecule has 0 spiro atoms. The molecule has 1 unspecified atom stereocenters. The maximum Gasteiger partial charge on any atom is 0.404 e. The van der Waals surface area contributed by atoms with Gasteiger partial charge in [0.15, 0.2) is 0 Å². The van der Waals surface area contributed by atoms with Crippen molar-refractivity contribution in [1.29, 1.82) is 0 Å². The first-order chi connectivity index (χ1) is 10.6. The fourth-order valence-electron chi connectivity index (χ4n) is 2.44. The molecule has 22 heavy (non-hydrogen) atoms. The fraction of sp³-hybridized carbons (Fsp3) is 0.278. The Morgan fingerprint density at radius 1 is 1.05 bits per heavy atom. The number of phenolic OH excluding ortho intramolecular Hbond substituents is 1. The second-order valence-electron chi connectivity index (χ2n) is 5.31. The van der Waals surface area contributed by atoms with Crippen LogP contribution in [0.15, 0.2) is 54.6 Å². The first-order valence-corrected chi connectivity index (χ1v) is 7.41. The summed E-state index contributed by atoms with van der Waals surface area (Å²) in [6, 6.07) is 17.1. The van der Waals surface area contributed by atoms with Gasteiger partial charge in [-0.2, -0.15) is 0 Å². The van der Waals surface area contributed by atoms with Gasteiger partial charge in [-0.15, -0.1) is 0 Å². The summed E-state index contributed by atoms with van der Waals surface area (Å²) in [5.41, 5.74) is 7.43. The lowest BCUT2D eigenvalue weighted by atomic mass is 10.0. The summed E-state index contributed by atoms with van der Waals surface area (Å²) < 4.78 is 5.21. The minimum atomic E-state index is -0.731. The van der Waals surface area contributed by atoms with Crippen LogP contribution >= 0.6 is 0 Å². The molecule has 0 saturated heterocycles. The fourth-order valence-corrected chi connectivity index (χ4v) is 2.44. The molecular formula is C18H21NO3. The molecule has 2 rings (SSSR count). The molecule has 0 bridgehead atoms. The van der Waals surface area contributed by atoms with Gasteiger partial charge >= 0.3 is 6.09 Å². The molecule has 0 aliphatic carbocycles. The Bertz CT molecular complexity index is 581. The lowest BCUT2D eigenvalue weighted by Gasteiger charge is -2.16. The van der Waals surface area contributed by atoms with Crippen LogP contribution in [0.3, 0.4) is 0 Å². The molecule has 4 heteroatoms. The van der Waals surface area contributed by atoms with Crippen molar-refractivity contribution in [2.45, 2.75) is 31.8 Å². The summed E-state index contributed by atoms with van der Waals surface area (Å²) >= 11 is 0. The maximum absolute atomic E-state index is 11.0. The van der Waals surface area contributed by atoms with E-state index in [4.69, 9.17) is 10.5 Å². The van der Waals surface area contributed by atoms with Crippen molar-refractivity contribution >= 4 is 6.09 Å². The number of phenols is 1. The van der Waals surface area contributed by atoms with Crippen molar-refractivity contribution in [3.05, 3.63) is 65.7 Å². The van der Waals surface area contributed by atoms with E-state index in [-0.39, 0.29) is 11.9 Å². The third-order valence-corrected chi connectivity index (χ3v) is 3.52. The number of hydrogen-bond donors (Lipinski definition) is 2. The largest absolute Gasteiger partial charge is 0.508 e. The molecule has 2 aromatic rings. The predicted molar refractivity (Wildman–Crippen MR) is 85.6 cm³/mol. The SMILES string of the molecule is NC(=O)OC(CCCc1ccc(O)cc1)Cc1ccccc1. The van der Waals surface area contributed by atoms with Crippen LogP contribution in [-0.4, -0.2) is 17.3 Å². The van der Waals surface area contributed by atoms with E-state index in [1.54, 1.807) is 12.1 Å². The molecule has 0 saturated carbocycles. The third-order valence-electron chi connectivity index (χ3n) is 3.52. The van der Waals surface area contributed by atoms with Crippen molar-refractivity contribution < 1.29 is 14.6 Å². The van der Waals surface area contributed by atoms with Gasteiger partial charge in [-0.25, -0.2) is 4.79 Å². The topological polar surface area (TPSA) is 72.6 Å². The number of hydrogen-bond acceptors (Lipinski definition) is 3. The van der Waals surface area contributed by atoms with Gasteiger partial charge in [0, 0.05) is 6.42 Å². The third kappa shape index (κ3) is 5.48. The number of aryl methyl sites for hydroxylation is 1. The molecule has 0 fully saturated rings. The van der Waals surface area contributed by atoms with Crippen molar-refractivity contribution in [1.82, 2.24) is 0 Å². The molecule has 3 N–H and O–H groups in total. The number of carbonyl (C=O) groups excluding carboxylic acids is 1. The van der Waals surface area contributed by atoms with E-state index in [2.05, 4.69) is 0 Å². The van der Waals surface area contributed by atoms with Crippen LogP contribution in [0.25, 0.3) is 0 Å². The smallest absolute Gasteiger partial charge is 0.404 e. The lowest BCUT2D eigenvalue weighted by molar-refractivity contribution is 0.0999. The highest BCUT2D eigenvalue weighted by atomic mass is 16.6. The van der Waals surface area contributed by atoms with Crippen molar-refractivity contribution in [3.63, 3.8) is 0 Å². The van der Waals surface area contributed by atoms with Crippen LogP contribution in [0.2, 0.25) is 0 Å². The number of nitrogens with two attached hydrogens (primary N) is 1. The molecule has 0 aliphatic heterocycles. The summed E-state index contributed by atoms with van der Waals surface area (Å²) in [4.78, 5) is 11.0. The standard InChI is InChI=1S/C18H21NO3/c19-18(21)22-17(13-15-5-2-1-3-6-15)8-4-7-14-9-11-16(20)12-10-14/h1-3,5-6,9-12,17,20H,4,7-8,13H2,(H2,19,21). The van der Waals surface area contributed by atoms with Crippen molar-refractivity contribution in [3.8, 4) is 5.75 Å². The molecule has 2 aromatic carbocycles. The van der Waals surface area contributed by atoms with Gasteiger partial charge < -0.3 is 15.6 Å². The number of aromatic hydroxyl groups is 1. The second-order valence-corrected chi connectivity index (χ2v) is 5.31. The molecule has 0 heterocycles. The van der Waals surface area contributed by atoms with E-state index in [0.717, 1.165) is 30.4 Å². The predicted octanol–water partition coefficient (Wildman–Crippen LogP) is 3.42. The molecular weight excluding hydrogens is 278 g/mol. The summed E-state index contributed by atoms with van der Waals surface area (Å²) in [5, 5.41) is 9.26. The van der Waals surface area contributed by atoms with Crippen LogP contribution in [-0.2, 0) is 17.6 Å². The van der Waals surface area contributed by atoms with Gasteiger partial charge in [0.25, 0.3) is 0 Å². The van der Waals surface area contributed by atoms with E-state index in [0.29, 0.717) is 6.42 Å². The number of ether oxygens (including phenoxy) is 1. The Morgan fingerprint density at radius 3 is 2.36 bits per heavy atom. The van der Waals surface area contributed by atoms with E-state index >= 15 is 0 Å². The highest BCUT2D eigenvalue weighted by molar-refractivity contribution is 5.64. The quantitative estimate of drug-likeness (QED) is 0.822. The Morgan fingerprint density at radius 2 is 1.73 bits per heavy atom. The average Bonchev–Trinajstić information content (AvgIpc) is 2.49. The van der Waals surface area contributed by atoms with E-state index in [1.165, 1.54) is 0 Å². The molecule has 4 nitrogen and oxygen atoms in total. The Hall–Kier alpha value is -2.49. The number of rotatable bonds is 7. The molecule has 0 aromatic heterocycles. The average molecular weight is 299 g/mol. The summed E-state index contributed by atoms with van der Waals surface area (Å²) in [5.74, 6) is 0.266. The molecule has 0 aliphatic rings.